The van der Waals surface area contributed by atoms with E-state index in [1.165, 1.54) is 0 Å². The van der Waals surface area contributed by atoms with Crippen molar-refractivity contribution in [1.29, 1.82) is 0 Å². The van der Waals surface area contributed by atoms with Crippen molar-refractivity contribution in [2.75, 3.05) is 36.5 Å². The molecule has 2 aromatic carbocycles. The second-order valence-corrected chi connectivity index (χ2v) is 7.36. The molecule has 0 saturated carbocycles. The highest BCUT2D eigenvalue weighted by atomic mass is 32.1. The highest BCUT2D eigenvalue weighted by Gasteiger charge is 2.17. The Hall–Kier alpha value is -2.97. The molecule has 2 N–H and O–H groups in total. The summed E-state index contributed by atoms with van der Waals surface area (Å²) >= 11 is 5.36. The summed E-state index contributed by atoms with van der Waals surface area (Å²) in [6.45, 7) is 5.08. The van der Waals surface area contributed by atoms with Crippen molar-refractivity contribution < 1.29 is 9.53 Å². The van der Waals surface area contributed by atoms with Gasteiger partial charge in [-0.15, -0.1) is 0 Å². The molecule has 0 bridgehead atoms. The molecule has 1 amide bonds. The molecule has 29 heavy (non-hydrogen) atoms. The van der Waals surface area contributed by atoms with E-state index in [1.807, 2.05) is 55.5 Å². The van der Waals surface area contributed by atoms with Crippen molar-refractivity contribution >= 4 is 29.5 Å². The number of rotatable bonds is 5. The number of aromatic nitrogens is 3. The lowest BCUT2D eigenvalue weighted by Gasteiger charge is -2.30. The average Bonchev–Trinajstić information content (AvgIpc) is 3.09. The van der Waals surface area contributed by atoms with Gasteiger partial charge in [0.2, 0.25) is 5.91 Å². The molecular formula is C21H23N5O2S. The summed E-state index contributed by atoms with van der Waals surface area (Å²) in [5, 5.41) is 10.2. The van der Waals surface area contributed by atoms with Crippen LogP contribution in [0.2, 0.25) is 0 Å². The van der Waals surface area contributed by atoms with E-state index in [4.69, 9.17) is 17.0 Å². The Kier molecular flexibility index (Phi) is 5.73. The fourth-order valence-electron chi connectivity index (χ4n) is 3.46. The number of aromatic amines is 1. The van der Waals surface area contributed by atoms with Gasteiger partial charge in [0.1, 0.15) is 6.54 Å². The molecule has 1 aliphatic heterocycles. The summed E-state index contributed by atoms with van der Waals surface area (Å²) in [6, 6.07) is 15.8. The highest BCUT2D eigenvalue weighted by Crippen LogP contribution is 2.26. The number of H-pyrrole nitrogens is 1. The van der Waals surface area contributed by atoms with Crippen molar-refractivity contribution in [2.24, 2.45) is 0 Å². The maximum absolute atomic E-state index is 12.9. The second-order valence-electron chi connectivity index (χ2n) is 6.97. The first-order valence-corrected chi connectivity index (χ1v) is 9.96. The van der Waals surface area contributed by atoms with Crippen LogP contribution < -0.4 is 10.2 Å². The topological polar surface area (TPSA) is 75.2 Å². The van der Waals surface area contributed by atoms with Gasteiger partial charge in [-0.2, -0.15) is 5.10 Å². The van der Waals surface area contributed by atoms with Crippen molar-refractivity contribution in [3.63, 3.8) is 0 Å². The lowest BCUT2D eigenvalue weighted by atomic mass is 10.1. The van der Waals surface area contributed by atoms with Crippen LogP contribution in [-0.2, 0) is 16.1 Å². The van der Waals surface area contributed by atoms with Gasteiger partial charge in [-0.3, -0.25) is 14.5 Å². The number of carbonyl (C=O) groups is 1. The monoisotopic (exact) mass is 409 g/mol. The van der Waals surface area contributed by atoms with Gasteiger partial charge >= 0.3 is 0 Å². The van der Waals surface area contributed by atoms with Gasteiger partial charge in [0.05, 0.1) is 24.6 Å². The number of anilines is 2. The van der Waals surface area contributed by atoms with E-state index in [1.54, 1.807) is 4.57 Å². The normalized spacial score (nSPS) is 14.0. The van der Waals surface area contributed by atoms with Crippen LogP contribution in [0, 0.1) is 11.7 Å². The van der Waals surface area contributed by atoms with Crippen LogP contribution in [0.3, 0.4) is 0 Å². The van der Waals surface area contributed by atoms with Crippen LogP contribution in [-0.4, -0.2) is 47.0 Å². The quantitative estimate of drug-likeness (QED) is 0.632. The Morgan fingerprint density at radius 2 is 2.00 bits per heavy atom. The molecule has 0 unspecified atom stereocenters. The minimum absolute atomic E-state index is 0.0794. The first-order valence-electron chi connectivity index (χ1n) is 9.55. The van der Waals surface area contributed by atoms with E-state index in [0.717, 1.165) is 35.6 Å². The Morgan fingerprint density at radius 1 is 1.21 bits per heavy atom. The minimum atomic E-state index is -0.155. The van der Waals surface area contributed by atoms with Crippen molar-refractivity contribution in [1.82, 2.24) is 14.8 Å². The van der Waals surface area contributed by atoms with Crippen LogP contribution in [0.15, 0.2) is 48.5 Å². The number of nitrogens with one attached hydrogen (secondary N) is 2. The van der Waals surface area contributed by atoms with E-state index in [0.29, 0.717) is 23.8 Å². The van der Waals surface area contributed by atoms with Gasteiger partial charge in [0, 0.05) is 18.7 Å². The summed E-state index contributed by atoms with van der Waals surface area (Å²) in [5.41, 5.74) is 3.82. The number of hydrogen-bond donors (Lipinski definition) is 2. The van der Waals surface area contributed by atoms with Gasteiger partial charge in [-0.05, 0) is 37.3 Å². The predicted octanol–water partition coefficient (Wildman–Crippen LogP) is 3.39. The number of ether oxygens (including phenoxy) is 1. The number of nitrogens with zero attached hydrogens (tertiary/aromatic N) is 3. The molecule has 1 fully saturated rings. The van der Waals surface area contributed by atoms with Crippen LogP contribution >= 0.6 is 12.2 Å². The Bertz CT molecular complexity index is 1070. The van der Waals surface area contributed by atoms with E-state index in [2.05, 4.69) is 20.4 Å². The number of amides is 1. The van der Waals surface area contributed by atoms with Gasteiger partial charge < -0.3 is 15.0 Å². The number of morpholine rings is 1. The molecule has 1 saturated heterocycles. The zero-order chi connectivity index (χ0) is 20.2. The molecule has 1 aliphatic rings. The average molecular weight is 410 g/mol. The lowest BCUT2D eigenvalue weighted by Crippen LogP contribution is -2.36. The third-order valence-corrected chi connectivity index (χ3v) is 5.18. The standard InChI is InChI=1S/C21H23N5O2S/c1-15-5-4-6-16(13-15)20-23-24-21(29)26(20)14-19(27)22-17-7-2-3-8-18(17)25-9-11-28-12-10-25/h2-8,13H,9-12,14H2,1H3,(H,22,27)(H,24,29). The van der Waals surface area contributed by atoms with Crippen LogP contribution in [0.5, 0.6) is 0 Å². The summed E-state index contributed by atoms with van der Waals surface area (Å²) in [7, 11) is 0. The zero-order valence-electron chi connectivity index (χ0n) is 16.2. The van der Waals surface area contributed by atoms with Crippen molar-refractivity contribution in [3.8, 4) is 11.4 Å². The van der Waals surface area contributed by atoms with E-state index in [-0.39, 0.29) is 12.5 Å². The number of aryl methyl sites for hydroxylation is 1. The summed E-state index contributed by atoms with van der Waals surface area (Å²) in [4.78, 5) is 15.1. The van der Waals surface area contributed by atoms with Crippen LogP contribution in [0.4, 0.5) is 11.4 Å². The molecule has 0 radical (unpaired) electrons. The maximum Gasteiger partial charge on any atom is 0.244 e. The molecule has 1 aromatic heterocycles. The zero-order valence-corrected chi connectivity index (χ0v) is 17.0. The fourth-order valence-corrected chi connectivity index (χ4v) is 3.66. The summed E-state index contributed by atoms with van der Waals surface area (Å²) in [6.07, 6.45) is 0. The fraction of sp³-hybridized carbons (Fsp3) is 0.286. The Labute approximate surface area is 174 Å². The van der Waals surface area contributed by atoms with Gasteiger partial charge in [0.15, 0.2) is 10.6 Å². The third kappa shape index (κ3) is 4.38. The minimum Gasteiger partial charge on any atom is -0.378 e. The van der Waals surface area contributed by atoms with Crippen molar-refractivity contribution in [3.05, 3.63) is 58.9 Å². The molecule has 0 aliphatic carbocycles. The first-order chi connectivity index (χ1) is 14.1. The van der Waals surface area contributed by atoms with E-state index < -0.39 is 0 Å². The lowest BCUT2D eigenvalue weighted by molar-refractivity contribution is -0.116. The number of benzene rings is 2. The number of hydrogen-bond acceptors (Lipinski definition) is 5. The molecule has 2 heterocycles. The van der Waals surface area contributed by atoms with Gasteiger partial charge in [-0.25, -0.2) is 0 Å². The van der Waals surface area contributed by atoms with E-state index in [9.17, 15) is 4.79 Å². The smallest absolute Gasteiger partial charge is 0.244 e. The Morgan fingerprint density at radius 3 is 2.79 bits per heavy atom. The molecule has 8 heteroatoms. The third-order valence-electron chi connectivity index (χ3n) is 4.87. The molecule has 0 atom stereocenters. The molecule has 3 aromatic rings. The van der Waals surface area contributed by atoms with Crippen molar-refractivity contribution in [2.45, 2.75) is 13.5 Å². The van der Waals surface area contributed by atoms with E-state index >= 15 is 0 Å². The SMILES string of the molecule is Cc1cccc(-c2n[nH]c(=S)n2CC(=O)Nc2ccccc2N2CCOCC2)c1. The number of carbonyl (C=O) groups excluding carboxylic acids is 1. The molecule has 7 nitrogen and oxygen atoms in total. The molecular weight excluding hydrogens is 386 g/mol. The van der Waals surface area contributed by atoms with Gasteiger partial charge in [-0.1, -0.05) is 35.9 Å². The highest BCUT2D eigenvalue weighted by molar-refractivity contribution is 7.71. The Balaban J connectivity index is 1.55. The van der Waals surface area contributed by atoms with Crippen LogP contribution in [0.25, 0.3) is 11.4 Å². The number of para-hydroxylation sites is 2. The largest absolute Gasteiger partial charge is 0.378 e. The second kappa shape index (κ2) is 8.59. The maximum atomic E-state index is 12.9. The molecule has 150 valence electrons. The first kappa shape index (κ1) is 19.4. The molecule has 0 spiro atoms. The van der Waals surface area contributed by atoms with Crippen LogP contribution in [0.1, 0.15) is 5.56 Å². The van der Waals surface area contributed by atoms with Gasteiger partial charge in [0.25, 0.3) is 0 Å². The predicted molar refractivity (Wildman–Crippen MR) is 116 cm³/mol. The molecule has 4 rings (SSSR count). The summed E-state index contributed by atoms with van der Waals surface area (Å²) < 4.78 is 7.57. The summed E-state index contributed by atoms with van der Waals surface area (Å²) in [5.74, 6) is 0.493.